The van der Waals surface area contributed by atoms with Crippen molar-refractivity contribution in [3.8, 4) is 5.75 Å². The topological polar surface area (TPSA) is 105 Å². The zero-order chi connectivity index (χ0) is 28.2. The summed E-state index contributed by atoms with van der Waals surface area (Å²) in [4.78, 5) is 24.4. The summed E-state index contributed by atoms with van der Waals surface area (Å²) in [5, 5.41) is 10.5. The minimum absolute atomic E-state index is 0.156. The predicted molar refractivity (Wildman–Crippen MR) is 148 cm³/mol. The van der Waals surface area contributed by atoms with Gasteiger partial charge in [-0.25, -0.2) is 18.7 Å². The number of ketones is 1. The number of carbonyl (C=O) groups is 1. The van der Waals surface area contributed by atoms with Gasteiger partial charge in [-0.15, -0.1) is 0 Å². The molecular weight excluding hydrogens is 538 g/mol. The molecule has 3 heterocycles. The molecule has 0 radical (unpaired) electrons. The highest BCUT2D eigenvalue weighted by Crippen LogP contribution is 2.39. The number of aryl methyl sites for hydroxylation is 2. The Morgan fingerprint density at radius 2 is 1.95 bits per heavy atom. The Bertz CT molecular complexity index is 1540. The van der Waals surface area contributed by atoms with Crippen LogP contribution >= 0.6 is 11.8 Å². The Kier molecular flexibility index (Phi) is 8.27. The molecule has 9 nitrogen and oxygen atoms in total. The summed E-state index contributed by atoms with van der Waals surface area (Å²) >= 11 is 1.02. The van der Waals surface area contributed by atoms with Gasteiger partial charge in [0.25, 0.3) is 0 Å². The van der Waals surface area contributed by atoms with E-state index in [1.807, 2.05) is 17.9 Å². The van der Waals surface area contributed by atoms with E-state index in [-0.39, 0.29) is 33.4 Å². The highest BCUT2D eigenvalue weighted by Gasteiger charge is 2.24. The first-order chi connectivity index (χ1) is 19.3. The van der Waals surface area contributed by atoms with Crippen molar-refractivity contribution in [2.75, 3.05) is 43.6 Å². The number of H-pyrrole nitrogens is 1. The van der Waals surface area contributed by atoms with Crippen LogP contribution in [0.3, 0.4) is 0 Å². The quantitative estimate of drug-likeness (QED) is 0.207. The normalized spacial score (nSPS) is 13.4. The monoisotopic (exact) mass is 566 g/mol. The number of carbonyl (C=O) groups excluding carboxylic acids is 1. The number of hydrogen-bond acceptors (Lipinski definition) is 9. The first-order valence-electron chi connectivity index (χ1n) is 12.6. The van der Waals surface area contributed by atoms with Gasteiger partial charge < -0.3 is 19.7 Å². The fourth-order valence-corrected chi connectivity index (χ4v) is 5.06. The van der Waals surface area contributed by atoms with Crippen LogP contribution in [0.5, 0.6) is 5.75 Å². The molecule has 0 amide bonds. The molecule has 5 rings (SSSR count). The molecule has 1 aliphatic rings. The Balaban J connectivity index is 1.43. The smallest absolute Gasteiger partial charge is 0.204 e. The number of nitrogens with zero attached hydrogens (tertiary/aromatic N) is 4. The number of halogens is 2. The standard InChI is InChI=1S/C28H28F2N6O3S/c1-16-5-4-6-19(24(16)30)15-21(37)18-7-8-22(20(29)14-18)40-28-32-26(31-23-13-17(2)34-35-23)25(38-3)27(33-28)36-9-11-39-12-10-36/h4-8,13-14H,9-12,15H2,1-3H3,(H2,31,32,33,34,35). The van der Waals surface area contributed by atoms with Crippen molar-refractivity contribution < 1.29 is 23.0 Å². The second-order valence-corrected chi connectivity index (χ2v) is 10.3. The third-order valence-corrected chi connectivity index (χ3v) is 7.29. The van der Waals surface area contributed by atoms with Gasteiger partial charge in [0.2, 0.25) is 5.75 Å². The number of Topliss-reactive ketones (excluding diaryl/α,β-unsaturated/α-hetero) is 1. The van der Waals surface area contributed by atoms with Crippen molar-refractivity contribution >= 4 is 35.0 Å². The molecule has 2 N–H and O–H groups in total. The first-order valence-corrected chi connectivity index (χ1v) is 13.5. The molecule has 4 aromatic rings. The summed E-state index contributed by atoms with van der Waals surface area (Å²) in [6.45, 7) is 5.79. The molecule has 0 atom stereocenters. The van der Waals surface area contributed by atoms with E-state index in [9.17, 15) is 9.18 Å². The highest BCUT2D eigenvalue weighted by atomic mass is 32.2. The van der Waals surface area contributed by atoms with Crippen LogP contribution in [0.15, 0.2) is 52.5 Å². The van der Waals surface area contributed by atoms with Gasteiger partial charge in [0.1, 0.15) is 11.6 Å². The lowest BCUT2D eigenvalue weighted by Gasteiger charge is -2.29. The molecule has 1 fully saturated rings. The van der Waals surface area contributed by atoms with Crippen molar-refractivity contribution in [2.24, 2.45) is 0 Å². The van der Waals surface area contributed by atoms with Crippen molar-refractivity contribution in [3.05, 3.63) is 76.5 Å². The maximum Gasteiger partial charge on any atom is 0.204 e. The van der Waals surface area contributed by atoms with E-state index in [1.54, 1.807) is 25.1 Å². The number of benzene rings is 2. The minimum atomic E-state index is -0.606. The van der Waals surface area contributed by atoms with E-state index >= 15 is 4.39 Å². The summed E-state index contributed by atoms with van der Waals surface area (Å²) < 4.78 is 40.8. The molecule has 208 valence electrons. The fourth-order valence-electron chi connectivity index (χ4n) is 4.31. The number of methoxy groups -OCH3 is 1. The van der Waals surface area contributed by atoms with E-state index in [0.29, 0.717) is 55.1 Å². The molecule has 0 aliphatic carbocycles. The number of rotatable bonds is 9. The first kappa shape index (κ1) is 27.5. The Morgan fingerprint density at radius 1 is 1.15 bits per heavy atom. The molecule has 2 aromatic carbocycles. The Morgan fingerprint density at radius 3 is 2.65 bits per heavy atom. The molecule has 0 saturated carbocycles. The van der Waals surface area contributed by atoms with E-state index in [1.165, 1.54) is 19.2 Å². The fraction of sp³-hybridized carbons (Fsp3) is 0.286. The molecule has 1 aliphatic heterocycles. The summed E-state index contributed by atoms with van der Waals surface area (Å²) in [7, 11) is 1.54. The minimum Gasteiger partial charge on any atom is -0.490 e. The van der Waals surface area contributed by atoms with E-state index in [0.717, 1.165) is 23.5 Å². The van der Waals surface area contributed by atoms with Crippen molar-refractivity contribution in [3.63, 3.8) is 0 Å². The van der Waals surface area contributed by atoms with E-state index in [4.69, 9.17) is 14.5 Å². The third-order valence-electron chi connectivity index (χ3n) is 6.37. The zero-order valence-corrected chi connectivity index (χ0v) is 23.1. The van der Waals surface area contributed by atoms with Gasteiger partial charge in [-0.2, -0.15) is 5.10 Å². The number of anilines is 3. The molecule has 12 heteroatoms. The average Bonchev–Trinajstić information content (AvgIpc) is 3.36. The summed E-state index contributed by atoms with van der Waals surface area (Å²) in [5.41, 5.74) is 1.75. The number of hydrogen-bond donors (Lipinski definition) is 2. The zero-order valence-electron chi connectivity index (χ0n) is 22.3. The van der Waals surface area contributed by atoms with Crippen molar-refractivity contribution in [2.45, 2.75) is 30.3 Å². The molecule has 0 unspecified atom stereocenters. The van der Waals surface area contributed by atoms with Gasteiger partial charge in [0.15, 0.2) is 28.4 Å². The summed E-state index contributed by atoms with van der Waals surface area (Å²) in [6.07, 6.45) is -0.161. The van der Waals surface area contributed by atoms with Crippen LogP contribution in [0.4, 0.5) is 26.2 Å². The van der Waals surface area contributed by atoms with Crippen molar-refractivity contribution in [1.82, 2.24) is 20.2 Å². The largest absolute Gasteiger partial charge is 0.490 e. The van der Waals surface area contributed by atoms with Crippen LogP contribution in [0.25, 0.3) is 0 Å². The van der Waals surface area contributed by atoms with Crippen LogP contribution in [-0.2, 0) is 11.2 Å². The molecule has 1 saturated heterocycles. The Labute approximate surface area is 234 Å². The lowest BCUT2D eigenvalue weighted by atomic mass is 10.0. The second-order valence-electron chi connectivity index (χ2n) is 9.27. The van der Waals surface area contributed by atoms with Gasteiger partial charge in [-0.05, 0) is 48.9 Å². The van der Waals surface area contributed by atoms with Gasteiger partial charge >= 0.3 is 0 Å². The Hall–Kier alpha value is -4.03. The van der Waals surface area contributed by atoms with Gasteiger partial charge in [0, 0.05) is 36.8 Å². The SMILES string of the molecule is COc1c(Nc2cc(C)[nH]n2)nc(Sc2ccc(C(=O)Cc3cccc(C)c3F)cc2F)nc1N1CCOCC1. The second kappa shape index (κ2) is 12.0. The van der Waals surface area contributed by atoms with Crippen LogP contribution in [0.2, 0.25) is 0 Å². The lowest BCUT2D eigenvalue weighted by molar-refractivity contribution is 0.0991. The molecule has 2 aromatic heterocycles. The predicted octanol–water partition coefficient (Wildman–Crippen LogP) is 5.26. The number of ether oxygens (including phenoxy) is 2. The van der Waals surface area contributed by atoms with Crippen LogP contribution in [0.1, 0.15) is 27.2 Å². The summed E-state index contributed by atoms with van der Waals surface area (Å²) in [6, 6.07) is 10.9. The maximum absolute atomic E-state index is 15.2. The van der Waals surface area contributed by atoms with Gasteiger partial charge in [-0.1, -0.05) is 24.3 Å². The number of nitrogens with one attached hydrogen (secondary N) is 2. The molecular formula is C28H28F2N6O3S. The molecule has 0 spiro atoms. The highest BCUT2D eigenvalue weighted by molar-refractivity contribution is 7.99. The summed E-state index contributed by atoms with van der Waals surface area (Å²) in [5.74, 6) is 0.479. The van der Waals surface area contributed by atoms with E-state index < -0.39 is 11.6 Å². The average molecular weight is 567 g/mol. The van der Waals surface area contributed by atoms with Crippen LogP contribution in [-0.4, -0.2) is 59.4 Å². The van der Waals surface area contributed by atoms with Gasteiger partial charge in [-0.3, -0.25) is 9.89 Å². The number of aromatic nitrogens is 4. The number of aromatic amines is 1. The third kappa shape index (κ3) is 6.07. The van der Waals surface area contributed by atoms with Gasteiger partial charge in [0.05, 0.1) is 25.2 Å². The maximum atomic E-state index is 15.2. The lowest BCUT2D eigenvalue weighted by Crippen LogP contribution is -2.37. The number of morpholine rings is 1. The molecule has 40 heavy (non-hydrogen) atoms. The van der Waals surface area contributed by atoms with Crippen molar-refractivity contribution in [1.29, 1.82) is 0 Å². The van der Waals surface area contributed by atoms with E-state index in [2.05, 4.69) is 20.5 Å². The van der Waals surface area contributed by atoms with Crippen LogP contribution in [0, 0.1) is 25.5 Å². The van der Waals surface area contributed by atoms with Crippen LogP contribution < -0.4 is 15.0 Å². The molecule has 0 bridgehead atoms.